The summed E-state index contributed by atoms with van der Waals surface area (Å²) in [7, 11) is 0. The molecule has 20 heavy (non-hydrogen) atoms. The van der Waals surface area contributed by atoms with Gasteiger partial charge in [0.25, 0.3) is 5.91 Å². The standard InChI is InChI=1S/C15H13NO4/c1-2-14(17)16-15(18)6-4-3-5-11-7-8-12-13(9-11)20-10-19-12/h2-9H,1,10H2,(H,16,17,18). The van der Waals surface area contributed by atoms with Crippen molar-refractivity contribution >= 4 is 17.9 Å². The third-order valence-corrected chi connectivity index (χ3v) is 2.48. The number of hydrogen-bond acceptors (Lipinski definition) is 4. The molecule has 5 nitrogen and oxygen atoms in total. The van der Waals surface area contributed by atoms with Crippen LogP contribution >= 0.6 is 0 Å². The molecule has 0 bridgehead atoms. The van der Waals surface area contributed by atoms with Gasteiger partial charge in [0.1, 0.15) is 0 Å². The van der Waals surface area contributed by atoms with Crippen LogP contribution in [0, 0.1) is 0 Å². The number of rotatable bonds is 4. The molecule has 1 aromatic carbocycles. The number of amides is 2. The van der Waals surface area contributed by atoms with Gasteiger partial charge in [0.05, 0.1) is 0 Å². The second kappa shape index (κ2) is 6.38. The number of imide groups is 1. The van der Waals surface area contributed by atoms with Crippen molar-refractivity contribution in [2.24, 2.45) is 0 Å². The smallest absolute Gasteiger partial charge is 0.250 e. The molecule has 0 fully saturated rings. The normalized spacial score (nSPS) is 12.8. The van der Waals surface area contributed by atoms with Gasteiger partial charge < -0.3 is 9.47 Å². The Kier molecular flexibility index (Phi) is 4.34. The van der Waals surface area contributed by atoms with E-state index in [0.29, 0.717) is 5.75 Å². The van der Waals surface area contributed by atoms with Gasteiger partial charge in [0, 0.05) is 6.08 Å². The lowest BCUT2D eigenvalue weighted by Crippen LogP contribution is -2.26. The van der Waals surface area contributed by atoms with Crippen molar-refractivity contribution in [3.05, 3.63) is 54.6 Å². The molecule has 2 rings (SSSR count). The quantitative estimate of drug-likeness (QED) is 0.670. The number of nitrogens with one attached hydrogen (secondary N) is 1. The van der Waals surface area contributed by atoms with E-state index in [1.807, 2.05) is 18.2 Å². The maximum atomic E-state index is 11.2. The topological polar surface area (TPSA) is 64.6 Å². The lowest BCUT2D eigenvalue weighted by Gasteiger charge is -1.96. The van der Waals surface area contributed by atoms with Gasteiger partial charge in [-0.3, -0.25) is 14.9 Å². The highest BCUT2D eigenvalue weighted by Crippen LogP contribution is 2.32. The highest BCUT2D eigenvalue weighted by Gasteiger charge is 2.11. The molecule has 0 aromatic heterocycles. The Morgan fingerprint density at radius 1 is 1.15 bits per heavy atom. The van der Waals surface area contributed by atoms with E-state index in [1.165, 1.54) is 12.2 Å². The van der Waals surface area contributed by atoms with Crippen LogP contribution in [0.3, 0.4) is 0 Å². The molecule has 102 valence electrons. The van der Waals surface area contributed by atoms with Crippen molar-refractivity contribution in [3.63, 3.8) is 0 Å². The van der Waals surface area contributed by atoms with E-state index in [-0.39, 0.29) is 6.79 Å². The molecule has 1 aliphatic rings. The lowest BCUT2D eigenvalue weighted by atomic mass is 10.2. The molecule has 1 heterocycles. The molecule has 0 saturated heterocycles. The Labute approximate surface area is 116 Å². The summed E-state index contributed by atoms with van der Waals surface area (Å²) in [6.07, 6.45) is 7.33. The van der Waals surface area contributed by atoms with E-state index >= 15 is 0 Å². The van der Waals surface area contributed by atoms with Crippen LogP contribution < -0.4 is 14.8 Å². The minimum Gasteiger partial charge on any atom is -0.454 e. The van der Waals surface area contributed by atoms with Gasteiger partial charge in [-0.05, 0) is 23.8 Å². The molecule has 1 aliphatic heterocycles. The minimum atomic E-state index is -0.528. The first-order valence-corrected chi connectivity index (χ1v) is 5.91. The average molecular weight is 271 g/mol. The monoisotopic (exact) mass is 271 g/mol. The number of carbonyl (C=O) groups excluding carboxylic acids is 2. The van der Waals surface area contributed by atoms with Gasteiger partial charge in [-0.15, -0.1) is 0 Å². The fourth-order valence-corrected chi connectivity index (χ4v) is 1.54. The van der Waals surface area contributed by atoms with Crippen molar-refractivity contribution in [3.8, 4) is 11.5 Å². The summed E-state index contributed by atoms with van der Waals surface area (Å²) in [5.41, 5.74) is 0.918. The second-order valence-corrected chi connectivity index (χ2v) is 3.89. The van der Waals surface area contributed by atoms with Gasteiger partial charge in [-0.1, -0.05) is 30.9 Å². The van der Waals surface area contributed by atoms with E-state index in [9.17, 15) is 9.59 Å². The maximum Gasteiger partial charge on any atom is 0.250 e. The third-order valence-electron chi connectivity index (χ3n) is 2.48. The van der Waals surface area contributed by atoms with E-state index in [0.717, 1.165) is 17.4 Å². The van der Waals surface area contributed by atoms with E-state index in [2.05, 4.69) is 11.9 Å². The second-order valence-electron chi connectivity index (χ2n) is 3.89. The molecule has 0 atom stereocenters. The molecule has 0 radical (unpaired) electrons. The van der Waals surface area contributed by atoms with Gasteiger partial charge >= 0.3 is 0 Å². The summed E-state index contributed by atoms with van der Waals surface area (Å²) >= 11 is 0. The number of fused-ring (bicyclic) bond motifs is 1. The van der Waals surface area contributed by atoms with E-state index in [4.69, 9.17) is 9.47 Å². The molecule has 2 amide bonds. The predicted molar refractivity (Wildman–Crippen MR) is 74.1 cm³/mol. The Balaban J connectivity index is 1.91. The van der Waals surface area contributed by atoms with Crippen molar-refractivity contribution in [2.75, 3.05) is 6.79 Å². The zero-order valence-corrected chi connectivity index (χ0v) is 10.7. The summed E-state index contributed by atoms with van der Waals surface area (Å²) in [5, 5.41) is 2.11. The largest absolute Gasteiger partial charge is 0.454 e. The first kappa shape index (κ1) is 13.6. The molecule has 0 spiro atoms. The first-order chi connectivity index (χ1) is 9.69. The molecule has 0 saturated carbocycles. The molecular formula is C15H13NO4. The Morgan fingerprint density at radius 2 is 1.95 bits per heavy atom. The van der Waals surface area contributed by atoms with E-state index in [1.54, 1.807) is 12.2 Å². The van der Waals surface area contributed by atoms with Gasteiger partial charge in [-0.25, -0.2) is 0 Å². The minimum absolute atomic E-state index is 0.236. The molecular weight excluding hydrogens is 258 g/mol. The zero-order chi connectivity index (χ0) is 14.4. The number of allylic oxidation sites excluding steroid dienone is 2. The van der Waals surface area contributed by atoms with Crippen LogP contribution in [-0.2, 0) is 9.59 Å². The summed E-state index contributed by atoms with van der Waals surface area (Å²) in [4.78, 5) is 22.1. The van der Waals surface area contributed by atoms with Crippen molar-refractivity contribution in [1.29, 1.82) is 0 Å². The third kappa shape index (κ3) is 3.58. The molecule has 5 heteroatoms. The summed E-state index contributed by atoms with van der Waals surface area (Å²) in [5.74, 6) is 0.398. The SMILES string of the molecule is C=CC(=O)NC(=O)C=CC=Cc1ccc2c(c1)OCO2. The lowest BCUT2D eigenvalue weighted by molar-refractivity contribution is -0.125. The fourth-order valence-electron chi connectivity index (χ4n) is 1.54. The van der Waals surface area contributed by atoms with Crippen LogP contribution in [0.15, 0.2) is 49.1 Å². The summed E-state index contributed by atoms with van der Waals surface area (Å²) in [6, 6.07) is 5.54. The van der Waals surface area contributed by atoms with Crippen molar-refractivity contribution < 1.29 is 19.1 Å². The highest BCUT2D eigenvalue weighted by molar-refractivity contribution is 6.04. The van der Waals surface area contributed by atoms with Crippen LogP contribution in [0.4, 0.5) is 0 Å². The summed E-state index contributed by atoms with van der Waals surface area (Å²) < 4.78 is 10.5. The maximum absolute atomic E-state index is 11.2. The highest BCUT2D eigenvalue weighted by atomic mass is 16.7. The summed E-state index contributed by atoms with van der Waals surface area (Å²) in [6.45, 7) is 3.49. The van der Waals surface area contributed by atoms with Gasteiger partial charge in [0.2, 0.25) is 12.7 Å². The molecule has 1 aromatic rings. The van der Waals surface area contributed by atoms with Crippen LogP contribution in [0.1, 0.15) is 5.56 Å². The Hall–Kier alpha value is -2.82. The Morgan fingerprint density at radius 3 is 2.75 bits per heavy atom. The molecule has 0 aliphatic carbocycles. The van der Waals surface area contributed by atoms with Crippen LogP contribution in [0.2, 0.25) is 0 Å². The fraction of sp³-hybridized carbons (Fsp3) is 0.0667. The zero-order valence-electron chi connectivity index (χ0n) is 10.7. The first-order valence-electron chi connectivity index (χ1n) is 5.91. The average Bonchev–Trinajstić information content (AvgIpc) is 2.91. The number of carbonyl (C=O) groups is 2. The molecule has 0 unspecified atom stereocenters. The number of ether oxygens (including phenoxy) is 2. The number of hydrogen-bond donors (Lipinski definition) is 1. The van der Waals surface area contributed by atoms with Gasteiger partial charge in [0.15, 0.2) is 11.5 Å². The van der Waals surface area contributed by atoms with Crippen molar-refractivity contribution in [2.45, 2.75) is 0 Å². The van der Waals surface area contributed by atoms with Gasteiger partial charge in [-0.2, -0.15) is 0 Å². The van der Waals surface area contributed by atoms with Crippen LogP contribution in [-0.4, -0.2) is 18.6 Å². The van der Waals surface area contributed by atoms with E-state index < -0.39 is 11.8 Å². The predicted octanol–water partition coefficient (Wildman–Crippen LogP) is 1.81. The Bertz CT molecular complexity index is 602. The molecule has 1 N–H and O–H groups in total. The number of benzene rings is 1. The van der Waals surface area contributed by atoms with Crippen LogP contribution in [0.25, 0.3) is 6.08 Å². The van der Waals surface area contributed by atoms with Crippen molar-refractivity contribution in [1.82, 2.24) is 5.32 Å². The van der Waals surface area contributed by atoms with Crippen LogP contribution in [0.5, 0.6) is 11.5 Å².